The number of hydrogen-bond acceptors (Lipinski definition) is 8. The Hall–Kier alpha value is -4.44. The van der Waals surface area contributed by atoms with Crippen LogP contribution in [0.25, 0.3) is 0 Å². The van der Waals surface area contributed by atoms with Gasteiger partial charge in [-0.3, -0.25) is 14.4 Å². The van der Waals surface area contributed by atoms with Gasteiger partial charge in [-0.25, -0.2) is 4.98 Å². The van der Waals surface area contributed by atoms with Crippen LogP contribution in [-0.2, 0) is 9.59 Å². The summed E-state index contributed by atoms with van der Waals surface area (Å²) in [6.07, 6.45) is 2.88. The summed E-state index contributed by atoms with van der Waals surface area (Å²) in [7, 11) is 4.53. The molecule has 10 nitrogen and oxygen atoms in total. The molecule has 3 N–H and O–H groups in total. The van der Waals surface area contributed by atoms with E-state index in [0.29, 0.717) is 22.8 Å². The Labute approximate surface area is 219 Å². The lowest BCUT2D eigenvalue weighted by atomic mass is 10.1. The van der Waals surface area contributed by atoms with Gasteiger partial charge in [0.15, 0.2) is 5.82 Å². The number of ketones is 1. The number of Topliss-reactive ketones (excluding diaryl/α,β-unsaturated/α-hetero) is 1. The molecule has 1 heterocycles. The van der Waals surface area contributed by atoms with Crippen molar-refractivity contribution >= 4 is 58.0 Å². The maximum Gasteiger partial charge on any atom is 0.294 e. The molecule has 2 amide bonds. The van der Waals surface area contributed by atoms with Crippen molar-refractivity contribution in [2.45, 2.75) is 13.8 Å². The highest BCUT2D eigenvalue weighted by atomic mass is 35.5. The predicted molar refractivity (Wildman–Crippen MR) is 144 cm³/mol. The number of amides is 2. The van der Waals surface area contributed by atoms with Gasteiger partial charge in [0, 0.05) is 25.9 Å². The van der Waals surface area contributed by atoms with E-state index < -0.39 is 11.7 Å². The first-order chi connectivity index (χ1) is 17.6. The molecule has 0 spiro atoms. The summed E-state index contributed by atoms with van der Waals surface area (Å²) in [6.45, 7) is 3.66. The first-order valence-electron chi connectivity index (χ1n) is 11.1. The number of carbonyl (C=O) groups excluding carboxylic acids is 3. The number of para-hydroxylation sites is 1. The van der Waals surface area contributed by atoms with Crippen molar-refractivity contribution in [3.8, 4) is 5.75 Å². The molecule has 3 aromatic rings. The van der Waals surface area contributed by atoms with Gasteiger partial charge in [0.2, 0.25) is 11.9 Å². The fraction of sp³-hybridized carbons (Fsp3) is 0.192. The van der Waals surface area contributed by atoms with Gasteiger partial charge in [-0.05, 0) is 44.2 Å². The number of halogens is 1. The molecule has 0 saturated heterocycles. The quantitative estimate of drug-likeness (QED) is 0.208. The molecule has 0 atom stereocenters. The molecule has 0 radical (unpaired) electrons. The highest BCUT2D eigenvalue weighted by Gasteiger charge is 2.21. The first-order valence-corrected chi connectivity index (χ1v) is 11.5. The van der Waals surface area contributed by atoms with Gasteiger partial charge in [0.05, 0.1) is 30.2 Å². The van der Waals surface area contributed by atoms with Crippen LogP contribution >= 0.6 is 11.6 Å². The topological polar surface area (TPSA) is 126 Å². The predicted octanol–water partition coefficient (Wildman–Crippen LogP) is 4.80. The Morgan fingerprint density at radius 2 is 1.76 bits per heavy atom. The van der Waals surface area contributed by atoms with Crippen LogP contribution < -0.4 is 20.7 Å². The fourth-order valence-corrected chi connectivity index (χ4v) is 3.33. The number of benzene rings is 2. The zero-order chi connectivity index (χ0) is 27.1. The minimum Gasteiger partial charge on any atom is -0.495 e. The van der Waals surface area contributed by atoms with E-state index in [-0.39, 0.29) is 28.3 Å². The van der Waals surface area contributed by atoms with E-state index in [2.05, 4.69) is 25.9 Å². The molecule has 2 aromatic carbocycles. The molecule has 11 heteroatoms. The number of hydrogen-bond donors (Lipinski definition) is 3. The summed E-state index contributed by atoms with van der Waals surface area (Å²) in [5.74, 6) is -0.713. The molecule has 3 rings (SSSR count). The van der Waals surface area contributed by atoms with Crippen LogP contribution in [-0.4, -0.2) is 53.7 Å². The van der Waals surface area contributed by atoms with Crippen LogP contribution in [0.3, 0.4) is 0 Å². The number of ether oxygens (including phenoxy) is 1. The van der Waals surface area contributed by atoms with Crippen molar-refractivity contribution in [1.82, 2.24) is 14.9 Å². The summed E-state index contributed by atoms with van der Waals surface area (Å²) in [5, 5.41) is 9.06. The van der Waals surface area contributed by atoms with Crippen LogP contribution in [0.15, 0.2) is 60.3 Å². The largest absolute Gasteiger partial charge is 0.495 e. The minimum absolute atomic E-state index is 0.172. The molecule has 0 unspecified atom stereocenters. The third kappa shape index (κ3) is 7.05. The van der Waals surface area contributed by atoms with E-state index >= 15 is 0 Å². The lowest BCUT2D eigenvalue weighted by molar-refractivity contribution is -0.124. The van der Waals surface area contributed by atoms with E-state index in [1.807, 2.05) is 13.8 Å². The Bertz CT molecular complexity index is 1370. The summed E-state index contributed by atoms with van der Waals surface area (Å²) < 4.78 is 5.42. The molecule has 0 saturated carbocycles. The molecule has 0 bridgehead atoms. The average molecular weight is 523 g/mol. The smallest absolute Gasteiger partial charge is 0.294 e. The number of nitrogens with zero attached hydrogens (tertiary/aromatic N) is 3. The number of allylic oxidation sites excluding steroid dienone is 1. The van der Waals surface area contributed by atoms with E-state index in [1.54, 1.807) is 42.5 Å². The average Bonchev–Trinajstić information content (AvgIpc) is 2.85. The Kier molecular flexibility index (Phi) is 8.81. The Balaban J connectivity index is 1.89. The van der Waals surface area contributed by atoms with E-state index in [4.69, 9.17) is 16.3 Å². The van der Waals surface area contributed by atoms with Crippen LogP contribution in [0.4, 0.5) is 28.8 Å². The molecule has 0 aliphatic heterocycles. The number of carbonyl (C=O) groups is 3. The highest BCUT2D eigenvalue weighted by molar-refractivity contribution is 6.43. The molecule has 0 aliphatic rings. The second-order valence-corrected chi connectivity index (χ2v) is 8.75. The third-order valence-electron chi connectivity index (χ3n) is 4.90. The second kappa shape index (κ2) is 12.0. The monoisotopic (exact) mass is 522 g/mol. The maximum atomic E-state index is 12.7. The molecular weight excluding hydrogens is 496 g/mol. The molecule has 0 aliphatic carbocycles. The van der Waals surface area contributed by atoms with Gasteiger partial charge in [0.25, 0.3) is 11.7 Å². The normalized spacial score (nSPS) is 10.2. The SMILES string of the molecule is COc1ccc(NC(=O)C=C(C)C)cc1Nc1ncc(Cl)c(Nc2ccccc2C(=O)C(=O)N(C)C)n1. The first kappa shape index (κ1) is 27.2. The lowest BCUT2D eigenvalue weighted by Crippen LogP contribution is -2.30. The molecular formula is C26H27ClN6O4. The van der Waals surface area contributed by atoms with Gasteiger partial charge in [0.1, 0.15) is 10.8 Å². The highest BCUT2D eigenvalue weighted by Crippen LogP contribution is 2.32. The standard InChI is InChI=1S/C26H27ClN6O4/c1-15(2)12-22(34)29-16-10-11-21(37-5)20(13-16)31-26-28-14-18(27)24(32-26)30-19-9-7-6-8-17(19)23(35)25(36)33(3)4/h6-14H,1-5H3,(H,29,34)(H2,28,30,31,32). The summed E-state index contributed by atoms with van der Waals surface area (Å²) >= 11 is 6.32. The van der Waals surface area contributed by atoms with Crippen LogP contribution in [0.2, 0.25) is 5.02 Å². The number of methoxy groups -OCH3 is 1. The Morgan fingerprint density at radius 3 is 2.43 bits per heavy atom. The van der Waals surface area contributed by atoms with Gasteiger partial charge in [-0.15, -0.1) is 0 Å². The van der Waals surface area contributed by atoms with E-state index in [1.165, 1.54) is 38.4 Å². The van der Waals surface area contributed by atoms with E-state index in [9.17, 15) is 14.4 Å². The maximum absolute atomic E-state index is 12.7. The van der Waals surface area contributed by atoms with E-state index in [0.717, 1.165) is 5.57 Å². The number of likely N-dealkylation sites (N-methyl/N-ethyl adjacent to an activating group) is 1. The molecule has 1 aromatic heterocycles. The summed E-state index contributed by atoms with van der Waals surface area (Å²) in [4.78, 5) is 46.9. The summed E-state index contributed by atoms with van der Waals surface area (Å²) in [5.41, 5.74) is 2.44. The molecule has 37 heavy (non-hydrogen) atoms. The number of aromatic nitrogens is 2. The van der Waals surface area contributed by atoms with Gasteiger partial charge >= 0.3 is 0 Å². The summed E-state index contributed by atoms with van der Waals surface area (Å²) in [6, 6.07) is 11.6. The lowest BCUT2D eigenvalue weighted by Gasteiger charge is -2.15. The third-order valence-corrected chi connectivity index (χ3v) is 5.18. The Morgan fingerprint density at radius 1 is 1.03 bits per heavy atom. The molecule has 0 fully saturated rings. The van der Waals surface area contributed by atoms with Crippen molar-refractivity contribution in [3.05, 3.63) is 70.9 Å². The number of anilines is 5. The van der Waals surface area contributed by atoms with Gasteiger partial charge < -0.3 is 25.6 Å². The minimum atomic E-state index is -0.673. The zero-order valence-electron chi connectivity index (χ0n) is 21.0. The van der Waals surface area contributed by atoms with Crippen LogP contribution in [0, 0.1) is 0 Å². The fourth-order valence-electron chi connectivity index (χ4n) is 3.20. The zero-order valence-corrected chi connectivity index (χ0v) is 21.8. The van der Waals surface area contributed by atoms with Crippen molar-refractivity contribution in [3.63, 3.8) is 0 Å². The van der Waals surface area contributed by atoms with Gasteiger partial charge in [-0.2, -0.15) is 4.98 Å². The van der Waals surface area contributed by atoms with Gasteiger partial charge in [-0.1, -0.05) is 29.3 Å². The van der Waals surface area contributed by atoms with Crippen LogP contribution in [0.1, 0.15) is 24.2 Å². The van der Waals surface area contributed by atoms with Crippen molar-refractivity contribution in [1.29, 1.82) is 0 Å². The van der Waals surface area contributed by atoms with Crippen molar-refractivity contribution in [2.75, 3.05) is 37.2 Å². The number of nitrogens with one attached hydrogen (secondary N) is 3. The molecule has 192 valence electrons. The number of rotatable bonds is 9. The van der Waals surface area contributed by atoms with Crippen LogP contribution in [0.5, 0.6) is 5.75 Å². The van der Waals surface area contributed by atoms with Crippen molar-refractivity contribution < 1.29 is 19.1 Å². The van der Waals surface area contributed by atoms with Crippen molar-refractivity contribution in [2.24, 2.45) is 0 Å². The second-order valence-electron chi connectivity index (χ2n) is 8.34.